The highest BCUT2D eigenvalue weighted by Gasteiger charge is 2.15. The van der Waals surface area contributed by atoms with E-state index in [2.05, 4.69) is 29.6 Å². The number of hydrogen-bond donors (Lipinski definition) is 3. The minimum atomic E-state index is 0.0525. The summed E-state index contributed by atoms with van der Waals surface area (Å²) in [5.74, 6) is 1.12. The molecule has 0 aromatic carbocycles. The van der Waals surface area contributed by atoms with Crippen LogP contribution in [0.15, 0.2) is 0 Å². The molecule has 0 radical (unpaired) electrons. The maximum atomic E-state index is 11.7. The van der Waals surface area contributed by atoms with Gasteiger partial charge in [0.1, 0.15) is 5.82 Å². The summed E-state index contributed by atoms with van der Waals surface area (Å²) in [5, 5.41) is 10.5. The van der Waals surface area contributed by atoms with Gasteiger partial charge in [0.25, 0.3) is 0 Å². The molecule has 6 nitrogen and oxygen atoms in total. The lowest BCUT2D eigenvalue weighted by atomic mass is 10.1. The number of carbonyl (C=O) groups excluding carboxylic acids is 1. The van der Waals surface area contributed by atoms with Gasteiger partial charge in [0.2, 0.25) is 5.91 Å². The number of hydrogen-bond acceptors (Lipinski definition) is 4. The number of anilines is 2. The molecule has 0 aliphatic carbocycles. The summed E-state index contributed by atoms with van der Waals surface area (Å²) < 4.78 is 1.73. The molecular formula is C14H27N5O. The predicted molar refractivity (Wildman–Crippen MR) is 82.7 cm³/mol. The number of nitrogens with two attached hydrogens (primary N) is 1. The van der Waals surface area contributed by atoms with Crippen molar-refractivity contribution < 1.29 is 4.79 Å². The van der Waals surface area contributed by atoms with Crippen LogP contribution in [0.5, 0.6) is 0 Å². The number of nitrogens with one attached hydrogen (secondary N) is 2. The Bertz CT molecular complexity index is 453. The van der Waals surface area contributed by atoms with E-state index < -0.39 is 0 Å². The van der Waals surface area contributed by atoms with Gasteiger partial charge in [-0.25, -0.2) is 0 Å². The molecular weight excluding hydrogens is 254 g/mol. The Hall–Kier alpha value is -1.72. The van der Waals surface area contributed by atoms with Crippen LogP contribution in [0, 0.1) is 0 Å². The molecule has 1 atom stereocenters. The molecule has 6 heteroatoms. The third-order valence-electron chi connectivity index (χ3n) is 3.32. The van der Waals surface area contributed by atoms with Crippen molar-refractivity contribution in [1.29, 1.82) is 0 Å². The van der Waals surface area contributed by atoms with Gasteiger partial charge in [0.15, 0.2) is 0 Å². The molecule has 0 bridgehead atoms. The minimum Gasteiger partial charge on any atom is -0.394 e. The first-order chi connectivity index (χ1) is 9.36. The average molecular weight is 281 g/mol. The lowest BCUT2D eigenvalue weighted by molar-refractivity contribution is -0.121. The molecule has 1 rings (SSSR count). The van der Waals surface area contributed by atoms with Crippen LogP contribution in [-0.2, 0) is 11.8 Å². The molecule has 1 heterocycles. The first kappa shape index (κ1) is 16.3. The number of amides is 1. The molecule has 114 valence electrons. The molecule has 20 heavy (non-hydrogen) atoms. The first-order valence-corrected chi connectivity index (χ1v) is 7.22. The maximum absolute atomic E-state index is 11.7. The van der Waals surface area contributed by atoms with Gasteiger partial charge in [0, 0.05) is 26.1 Å². The van der Waals surface area contributed by atoms with E-state index >= 15 is 0 Å². The van der Waals surface area contributed by atoms with Crippen LogP contribution in [0.4, 0.5) is 11.5 Å². The minimum absolute atomic E-state index is 0.0525. The van der Waals surface area contributed by atoms with Gasteiger partial charge >= 0.3 is 0 Å². The molecule has 0 saturated heterocycles. The summed E-state index contributed by atoms with van der Waals surface area (Å²) >= 11 is 0. The molecule has 1 aromatic rings. The SMILES string of the molecule is CCC(C)NC(=O)CCNc1c(N)c(C(C)C)nn1C. The second kappa shape index (κ2) is 7.17. The third kappa shape index (κ3) is 4.15. The molecule has 0 fully saturated rings. The second-order valence-corrected chi connectivity index (χ2v) is 5.48. The second-order valence-electron chi connectivity index (χ2n) is 5.48. The van der Waals surface area contributed by atoms with E-state index in [1.54, 1.807) is 4.68 Å². The molecule has 4 N–H and O–H groups in total. The van der Waals surface area contributed by atoms with Crippen molar-refractivity contribution in [2.75, 3.05) is 17.6 Å². The van der Waals surface area contributed by atoms with Gasteiger partial charge < -0.3 is 16.4 Å². The van der Waals surface area contributed by atoms with Crippen molar-refractivity contribution in [2.45, 2.75) is 52.5 Å². The zero-order valence-electron chi connectivity index (χ0n) is 13.2. The zero-order chi connectivity index (χ0) is 15.3. The summed E-state index contributed by atoms with van der Waals surface area (Å²) in [7, 11) is 1.85. The van der Waals surface area contributed by atoms with E-state index in [1.165, 1.54) is 0 Å². The van der Waals surface area contributed by atoms with E-state index in [-0.39, 0.29) is 17.9 Å². The van der Waals surface area contributed by atoms with Crippen molar-refractivity contribution in [2.24, 2.45) is 7.05 Å². The Morgan fingerprint density at radius 3 is 2.55 bits per heavy atom. The summed E-state index contributed by atoms with van der Waals surface area (Å²) in [6.07, 6.45) is 1.36. The number of nitrogens with zero attached hydrogens (tertiary/aromatic N) is 2. The van der Waals surface area contributed by atoms with Crippen molar-refractivity contribution in [3.8, 4) is 0 Å². The van der Waals surface area contributed by atoms with E-state index in [4.69, 9.17) is 5.73 Å². The molecule has 0 aliphatic heterocycles. The number of rotatable bonds is 7. The summed E-state index contributed by atoms with van der Waals surface area (Å²) in [4.78, 5) is 11.7. The molecule has 1 unspecified atom stereocenters. The largest absolute Gasteiger partial charge is 0.394 e. The number of carbonyl (C=O) groups is 1. The monoisotopic (exact) mass is 281 g/mol. The van der Waals surface area contributed by atoms with Crippen molar-refractivity contribution in [1.82, 2.24) is 15.1 Å². The summed E-state index contributed by atoms with van der Waals surface area (Å²) in [5.41, 5.74) is 7.64. The Labute approximate surface area is 121 Å². The van der Waals surface area contributed by atoms with Crippen LogP contribution in [0.2, 0.25) is 0 Å². The molecule has 0 aliphatic rings. The lowest BCUT2D eigenvalue weighted by Gasteiger charge is -2.12. The Morgan fingerprint density at radius 2 is 2.05 bits per heavy atom. The summed E-state index contributed by atoms with van der Waals surface area (Å²) in [6.45, 7) is 8.71. The zero-order valence-corrected chi connectivity index (χ0v) is 13.2. The van der Waals surface area contributed by atoms with E-state index in [1.807, 2.05) is 20.9 Å². The fourth-order valence-electron chi connectivity index (χ4n) is 1.94. The highest BCUT2D eigenvalue weighted by atomic mass is 16.1. The van der Waals surface area contributed by atoms with Gasteiger partial charge in [-0.3, -0.25) is 9.48 Å². The van der Waals surface area contributed by atoms with Crippen molar-refractivity contribution in [3.63, 3.8) is 0 Å². The highest BCUT2D eigenvalue weighted by molar-refractivity contribution is 5.77. The Balaban J connectivity index is 2.52. The highest BCUT2D eigenvalue weighted by Crippen LogP contribution is 2.27. The van der Waals surface area contributed by atoms with Gasteiger partial charge in [-0.05, 0) is 19.3 Å². The Morgan fingerprint density at radius 1 is 1.40 bits per heavy atom. The smallest absolute Gasteiger partial charge is 0.221 e. The fraction of sp³-hybridized carbons (Fsp3) is 0.714. The molecule has 0 spiro atoms. The fourth-order valence-corrected chi connectivity index (χ4v) is 1.94. The summed E-state index contributed by atoms with van der Waals surface area (Å²) in [6, 6.07) is 0.219. The van der Waals surface area contributed by atoms with Crippen LogP contribution in [-0.4, -0.2) is 28.3 Å². The average Bonchev–Trinajstić information content (AvgIpc) is 2.66. The lowest BCUT2D eigenvalue weighted by Crippen LogP contribution is -2.33. The first-order valence-electron chi connectivity index (χ1n) is 7.22. The van der Waals surface area contributed by atoms with E-state index in [9.17, 15) is 4.79 Å². The van der Waals surface area contributed by atoms with Crippen molar-refractivity contribution in [3.05, 3.63) is 5.69 Å². The van der Waals surface area contributed by atoms with Crippen LogP contribution in [0.25, 0.3) is 0 Å². The van der Waals surface area contributed by atoms with Gasteiger partial charge in [-0.15, -0.1) is 0 Å². The quantitative estimate of drug-likeness (QED) is 0.712. The number of aryl methyl sites for hydroxylation is 1. The normalized spacial score (nSPS) is 12.5. The van der Waals surface area contributed by atoms with Crippen molar-refractivity contribution >= 4 is 17.4 Å². The van der Waals surface area contributed by atoms with Crippen LogP contribution < -0.4 is 16.4 Å². The van der Waals surface area contributed by atoms with Crippen LogP contribution >= 0.6 is 0 Å². The maximum Gasteiger partial charge on any atom is 0.221 e. The molecule has 0 saturated carbocycles. The van der Waals surface area contributed by atoms with Gasteiger partial charge in [-0.2, -0.15) is 5.10 Å². The van der Waals surface area contributed by atoms with Crippen LogP contribution in [0.1, 0.15) is 52.1 Å². The topological polar surface area (TPSA) is 85.0 Å². The van der Waals surface area contributed by atoms with E-state index in [0.29, 0.717) is 18.7 Å². The third-order valence-corrected chi connectivity index (χ3v) is 3.32. The number of aromatic nitrogens is 2. The van der Waals surface area contributed by atoms with E-state index in [0.717, 1.165) is 17.9 Å². The van der Waals surface area contributed by atoms with Gasteiger partial charge in [-0.1, -0.05) is 20.8 Å². The van der Waals surface area contributed by atoms with Crippen LogP contribution in [0.3, 0.4) is 0 Å². The van der Waals surface area contributed by atoms with Gasteiger partial charge in [0.05, 0.1) is 11.4 Å². The predicted octanol–water partition coefficient (Wildman–Crippen LogP) is 1.84. The molecule has 1 amide bonds. The Kier molecular flexibility index (Phi) is 5.85. The molecule has 1 aromatic heterocycles. The standard InChI is InChI=1S/C14H27N5O/c1-6-10(4)17-11(20)7-8-16-14-12(15)13(9(2)3)18-19(14)5/h9-10,16H,6-8,15H2,1-5H3,(H,17,20). The number of nitrogen functional groups attached to an aromatic ring is 1.